The Balaban J connectivity index is 1.77. The first-order valence-electron chi connectivity index (χ1n) is 6.54. The summed E-state index contributed by atoms with van der Waals surface area (Å²) in [7, 11) is 0. The highest BCUT2D eigenvalue weighted by Crippen LogP contribution is 2.16. The third-order valence-electron chi connectivity index (χ3n) is 3.06. The fourth-order valence-electron chi connectivity index (χ4n) is 2.05. The van der Waals surface area contributed by atoms with E-state index < -0.39 is 12.0 Å². The van der Waals surface area contributed by atoms with Gasteiger partial charge in [-0.3, -0.25) is 0 Å². The molecule has 1 aliphatic heterocycles. The number of nitrogens with zero attached hydrogens (tertiary/aromatic N) is 3. The summed E-state index contributed by atoms with van der Waals surface area (Å²) in [4.78, 5) is 16.1. The van der Waals surface area contributed by atoms with E-state index in [4.69, 9.17) is 14.9 Å². The van der Waals surface area contributed by atoms with Gasteiger partial charge in [0.25, 0.3) is 0 Å². The molecule has 0 unspecified atom stereocenters. The van der Waals surface area contributed by atoms with Crippen LogP contribution in [0.1, 0.15) is 12.0 Å². The number of diazo groups is 1. The second-order valence-electron chi connectivity index (χ2n) is 4.60. The summed E-state index contributed by atoms with van der Waals surface area (Å²) in [6.45, 7) is 1.02. The summed E-state index contributed by atoms with van der Waals surface area (Å²) >= 11 is 0. The number of rotatable bonds is 4. The largest absolute Gasteiger partial charge is 0.476 e. The topological polar surface area (TPSA) is 87.2 Å². The van der Waals surface area contributed by atoms with Gasteiger partial charge in [0, 0.05) is 13.0 Å². The van der Waals surface area contributed by atoms with Crippen molar-refractivity contribution in [1.29, 1.82) is 5.39 Å². The van der Waals surface area contributed by atoms with Crippen LogP contribution in [-0.2, 0) is 16.1 Å². The Morgan fingerprint density at radius 2 is 2.24 bits per heavy atom. The lowest BCUT2D eigenvalue weighted by atomic mass is 10.2. The molecule has 1 amide bonds. The lowest BCUT2D eigenvalue weighted by Crippen LogP contribution is -2.30. The van der Waals surface area contributed by atoms with E-state index >= 15 is 0 Å². The van der Waals surface area contributed by atoms with E-state index in [1.807, 2.05) is 30.3 Å². The molecule has 0 saturated carbocycles. The van der Waals surface area contributed by atoms with Crippen molar-refractivity contribution in [1.82, 2.24) is 4.90 Å². The second-order valence-corrected chi connectivity index (χ2v) is 4.60. The van der Waals surface area contributed by atoms with Crippen LogP contribution in [0.4, 0.5) is 4.79 Å². The molecule has 1 fully saturated rings. The Labute approximate surface area is 122 Å². The van der Waals surface area contributed by atoms with Crippen molar-refractivity contribution in [2.45, 2.75) is 19.1 Å². The number of carbonyl (C=O) groups excluding carboxylic acids is 1. The molecule has 0 aromatic heterocycles. The van der Waals surface area contributed by atoms with Crippen molar-refractivity contribution < 1.29 is 19.4 Å². The van der Waals surface area contributed by atoms with Crippen LogP contribution in [0.2, 0.25) is 0 Å². The number of hydrogen-bond donors (Lipinski definition) is 1. The normalized spacial score (nSPS) is 18.1. The average molecular weight is 290 g/mol. The molecular formula is C14H16N3O4+. The van der Waals surface area contributed by atoms with Crippen molar-refractivity contribution in [3.8, 4) is 0 Å². The molecule has 21 heavy (non-hydrogen) atoms. The lowest BCUT2D eigenvalue weighted by Gasteiger charge is -2.16. The highest BCUT2D eigenvalue weighted by Gasteiger charge is 2.29. The van der Waals surface area contributed by atoms with Crippen LogP contribution in [0.3, 0.4) is 0 Å². The summed E-state index contributed by atoms with van der Waals surface area (Å²) in [6.07, 6.45) is 0.604. The Hall–Kier alpha value is -2.75. The second kappa shape index (κ2) is 7.14. The first-order valence-corrected chi connectivity index (χ1v) is 6.54. The lowest BCUT2D eigenvalue weighted by molar-refractivity contribution is 0.0350. The van der Waals surface area contributed by atoms with Gasteiger partial charge in [-0.05, 0) is 5.56 Å². The third kappa shape index (κ3) is 4.38. The predicted molar refractivity (Wildman–Crippen MR) is 73.5 cm³/mol. The SMILES string of the molecule is N#[N+]/C=C(\O)O[C@@H]1CCN(C(=O)OCc2ccccc2)C1. The Morgan fingerprint density at radius 3 is 2.95 bits per heavy atom. The molecule has 2 rings (SSSR count). The molecule has 7 heteroatoms. The van der Waals surface area contributed by atoms with Gasteiger partial charge in [-0.25, -0.2) is 4.79 Å². The van der Waals surface area contributed by atoms with Crippen LogP contribution in [-0.4, -0.2) is 35.3 Å². The fraction of sp³-hybridized carbons (Fsp3) is 0.357. The van der Waals surface area contributed by atoms with Crippen molar-refractivity contribution in [2.24, 2.45) is 0 Å². The molecule has 1 aromatic carbocycles. The molecule has 1 N–H and O–H groups in total. The number of ether oxygens (including phenoxy) is 2. The van der Waals surface area contributed by atoms with Crippen LogP contribution < -0.4 is 0 Å². The van der Waals surface area contributed by atoms with Gasteiger partial charge < -0.3 is 19.5 Å². The van der Waals surface area contributed by atoms with Gasteiger partial charge in [0.2, 0.25) is 5.39 Å². The molecule has 1 heterocycles. The van der Waals surface area contributed by atoms with Gasteiger partial charge in [-0.15, -0.1) is 0 Å². The van der Waals surface area contributed by atoms with E-state index in [1.165, 1.54) is 4.90 Å². The van der Waals surface area contributed by atoms with Gasteiger partial charge in [0.15, 0.2) is 4.98 Å². The molecule has 0 radical (unpaired) electrons. The quantitative estimate of drug-likeness (QED) is 0.680. The van der Waals surface area contributed by atoms with Gasteiger partial charge in [-0.2, -0.15) is 0 Å². The van der Waals surface area contributed by atoms with Crippen LogP contribution >= 0.6 is 0 Å². The minimum Gasteiger partial charge on any atom is -0.476 e. The summed E-state index contributed by atoms with van der Waals surface area (Å²) in [5.41, 5.74) is 0.919. The number of amides is 1. The molecule has 0 aliphatic carbocycles. The highest BCUT2D eigenvalue weighted by molar-refractivity contribution is 5.68. The number of aliphatic hydroxyl groups is 1. The minimum absolute atomic E-state index is 0.218. The summed E-state index contributed by atoms with van der Waals surface area (Å²) in [6, 6.07) is 9.41. The zero-order chi connectivity index (χ0) is 15.1. The monoisotopic (exact) mass is 290 g/mol. The van der Waals surface area contributed by atoms with Crippen LogP contribution in [0.15, 0.2) is 42.5 Å². The van der Waals surface area contributed by atoms with E-state index in [-0.39, 0.29) is 12.7 Å². The smallest absolute Gasteiger partial charge is 0.429 e. The van der Waals surface area contributed by atoms with E-state index in [9.17, 15) is 9.90 Å². The van der Waals surface area contributed by atoms with Gasteiger partial charge in [-0.1, -0.05) is 30.3 Å². The van der Waals surface area contributed by atoms with E-state index in [0.29, 0.717) is 19.5 Å². The predicted octanol–water partition coefficient (Wildman–Crippen LogP) is 2.62. The van der Waals surface area contributed by atoms with Crippen molar-refractivity contribution in [3.05, 3.63) is 53.0 Å². The maximum atomic E-state index is 11.9. The number of aliphatic hydroxyl groups excluding tert-OH is 1. The van der Waals surface area contributed by atoms with Gasteiger partial charge >= 0.3 is 18.2 Å². The highest BCUT2D eigenvalue weighted by atomic mass is 16.6. The molecule has 0 bridgehead atoms. The van der Waals surface area contributed by atoms with E-state index in [1.54, 1.807) is 0 Å². The summed E-state index contributed by atoms with van der Waals surface area (Å²) in [5, 5.41) is 17.5. The number of benzene rings is 1. The molecular weight excluding hydrogens is 274 g/mol. The van der Waals surface area contributed by atoms with E-state index in [0.717, 1.165) is 11.8 Å². The molecule has 1 atom stereocenters. The van der Waals surface area contributed by atoms with Gasteiger partial charge in [0.1, 0.15) is 12.7 Å². The Kier molecular flexibility index (Phi) is 4.99. The van der Waals surface area contributed by atoms with Crippen molar-refractivity contribution >= 4 is 6.09 Å². The number of hydrogen-bond acceptors (Lipinski definition) is 5. The van der Waals surface area contributed by atoms with Crippen molar-refractivity contribution in [2.75, 3.05) is 13.1 Å². The van der Waals surface area contributed by atoms with Crippen LogP contribution in [0.25, 0.3) is 4.98 Å². The van der Waals surface area contributed by atoms with Crippen LogP contribution in [0.5, 0.6) is 0 Å². The standard InChI is InChI=1S/C14H15N3O4/c15-16-8-13(18)21-12-6-7-17(9-12)14(19)20-10-11-4-2-1-3-5-11/h1-5,8,12H,6-7,9-10H2/p+1/b13-8+/t12-/m1/s1. The molecule has 1 aliphatic rings. The average Bonchev–Trinajstić information content (AvgIpc) is 2.94. The maximum absolute atomic E-state index is 11.9. The molecule has 110 valence electrons. The summed E-state index contributed by atoms with van der Waals surface area (Å²) in [5.74, 6) is -0.484. The molecule has 7 nitrogen and oxygen atoms in total. The first-order chi connectivity index (χ1) is 10.2. The number of likely N-dealkylation sites (tertiary alicyclic amines) is 1. The van der Waals surface area contributed by atoms with Crippen LogP contribution in [0, 0.1) is 5.39 Å². The van der Waals surface area contributed by atoms with Crippen molar-refractivity contribution in [3.63, 3.8) is 0 Å². The Morgan fingerprint density at radius 1 is 1.48 bits per heavy atom. The van der Waals surface area contributed by atoms with Gasteiger partial charge in [0.05, 0.1) is 6.54 Å². The zero-order valence-electron chi connectivity index (χ0n) is 11.4. The third-order valence-corrected chi connectivity index (χ3v) is 3.06. The fourth-order valence-corrected chi connectivity index (χ4v) is 2.05. The Bertz CT molecular complexity index is 553. The zero-order valence-corrected chi connectivity index (χ0v) is 11.4. The minimum atomic E-state index is -0.484. The molecule has 1 aromatic rings. The number of carbonyl (C=O) groups is 1. The maximum Gasteiger partial charge on any atom is 0.429 e. The molecule has 0 spiro atoms. The molecule has 1 saturated heterocycles. The summed E-state index contributed by atoms with van der Waals surface area (Å²) < 4.78 is 10.3. The first kappa shape index (κ1) is 14.7. The van der Waals surface area contributed by atoms with E-state index in [2.05, 4.69) is 4.98 Å².